The number of hydrogen-bond donors (Lipinski definition) is 1. The van der Waals surface area contributed by atoms with Crippen LogP contribution in [0.1, 0.15) is 12.8 Å². The fraction of sp³-hybridized carbons (Fsp3) is 0.750. The first kappa shape index (κ1) is 16.2. The molecule has 1 heterocycles. The molecule has 0 bridgehead atoms. The summed E-state index contributed by atoms with van der Waals surface area (Å²) in [4.78, 5) is 36.9. The first-order chi connectivity index (χ1) is 9.47. The average molecular weight is 288 g/mol. The van der Waals surface area contributed by atoms with E-state index in [1.807, 2.05) is 0 Å². The summed E-state index contributed by atoms with van der Waals surface area (Å²) in [6, 6.07) is -1.33. The lowest BCUT2D eigenvalue weighted by Crippen LogP contribution is -2.56. The van der Waals surface area contributed by atoms with Crippen LogP contribution in [0.2, 0.25) is 0 Å². The highest BCUT2D eigenvalue weighted by atomic mass is 16.5. The number of esters is 1. The minimum Gasteiger partial charge on any atom is -0.480 e. The van der Waals surface area contributed by atoms with E-state index >= 15 is 0 Å². The van der Waals surface area contributed by atoms with Gasteiger partial charge in [-0.3, -0.25) is 4.79 Å². The van der Waals surface area contributed by atoms with E-state index < -0.39 is 12.0 Å². The Bertz CT molecular complexity index is 373. The van der Waals surface area contributed by atoms with Crippen LogP contribution in [-0.2, 0) is 19.1 Å². The van der Waals surface area contributed by atoms with Crippen LogP contribution in [-0.4, -0.2) is 79.4 Å². The lowest BCUT2D eigenvalue weighted by atomic mass is 10.2. The maximum absolute atomic E-state index is 12.2. The lowest BCUT2D eigenvalue weighted by Gasteiger charge is -2.35. The molecule has 0 aromatic heterocycles. The molecule has 114 valence electrons. The van der Waals surface area contributed by atoms with Crippen molar-refractivity contribution in [2.45, 2.75) is 18.9 Å². The Morgan fingerprint density at radius 2 is 2.15 bits per heavy atom. The molecule has 2 amide bonds. The highest BCUT2D eigenvalue weighted by Gasteiger charge is 2.34. The Morgan fingerprint density at radius 1 is 1.45 bits per heavy atom. The van der Waals surface area contributed by atoms with Gasteiger partial charge in [0.15, 0.2) is 6.04 Å². The molecule has 8 nitrogen and oxygen atoms in total. The molecule has 0 radical (unpaired) electrons. The molecule has 1 N–H and O–H groups in total. The van der Waals surface area contributed by atoms with E-state index in [9.17, 15) is 14.4 Å². The fourth-order valence-corrected chi connectivity index (χ4v) is 1.91. The lowest BCUT2D eigenvalue weighted by molar-refractivity contribution is -0.147. The maximum Gasteiger partial charge on any atom is 0.328 e. The summed E-state index contributed by atoms with van der Waals surface area (Å²) in [5.41, 5.74) is 0. The van der Waals surface area contributed by atoms with Crippen LogP contribution in [0.15, 0.2) is 0 Å². The van der Waals surface area contributed by atoms with Gasteiger partial charge < -0.3 is 24.4 Å². The van der Waals surface area contributed by atoms with Gasteiger partial charge >= 0.3 is 18.0 Å². The number of carboxylic acids is 1. The van der Waals surface area contributed by atoms with Crippen molar-refractivity contribution in [3.63, 3.8) is 0 Å². The molecule has 0 saturated carbocycles. The number of morpholine rings is 1. The second-order valence-corrected chi connectivity index (χ2v) is 4.51. The highest BCUT2D eigenvalue weighted by molar-refractivity contribution is 5.83. The minimum atomic E-state index is -1.08. The van der Waals surface area contributed by atoms with E-state index in [-0.39, 0.29) is 31.6 Å². The Hall–Kier alpha value is -1.83. The van der Waals surface area contributed by atoms with Gasteiger partial charge in [-0.1, -0.05) is 0 Å². The monoisotopic (exact) mass is 288 g/mol. The molecule has 0 aromatic carbocycles. The summed E-state index contributed by atoms with van der Waals surface area (Å²) in [5, 5.41) is 9.07. The van der Waals surface area contributed by atoms with Gasteiger partial charge in [0, 0.05) is 26.6 Å². The summed E-state index contributed by atoms with van der Waals surface area (Å²) in [5.74, 6) is -1.42. The van der Waals surface area contributed by atoms with E-state index in [1.54, 1.807) is 7.05 Å². The van der Waals surface area contributed by atoms with Gasteiger partial charge in [-0.05, 0) is 6.42 Å². The molecule has 1 saturated heterocycles. The molecule has 1 unspecified atom stereocenters. The summed E-state index contributed by atoms with van der Waals surface area (Å²) in [6.07, 6.45) is 0.691. The number of methoxy groups -OCH3 is 1. The van der Waals surface area contributed by atoms with Gasteiger partial charge in [0.2, 0.25) is 0 Å². The van der Waals surface area contributed by atoms with E-state index in [1.165, 1.54) is 16.9 Å². The van der Waals surface area contributed by atoms with Crippen LogP contribution in [0.4, 0.5) is 4.79 Å². The summed E-state index contributed by atoms with van der Waals surface area (Å²) >= 11 is 0. The van der Waals surface area contributed by atoms with Gasteiger partial charge in [0.05, 0.1) is 20.3 Å². The van der Waals surface area contributed by atoms with Crippen molar-refractivity contribution in [2.75, 3.05) is 40.5 Å². The van der Waals surface area contributed by atoms with Gasteiger partial charge in [-0.25, -0.2) is 9.59 Å². The molecular formula is C12H20N2O6. The van der Waals surface area contributed by atoms with Crippen LogP contribution >= 0.6 is 0 Å². The van der Waals surface area contributed by atoms with Crippen molar-refractivity contribution in [3.05, 3.63) is 0 Å². The first-order valence-corrected chi connectivity index (χ1v) is 6.36. The van der Waals surface area contributed by atoms with Crippen molar-refractivity contribution in [1.82, 2.24) is 9.80 Å². The van der Waals surface area contributed by atoms with Gasteiger partial charge in [-0.2, -0.15) is 0 Å². The SMILES string of the molecule is COC(=O)CCCN(C)C(=O)N1CCOCC1C(=O)O. The maximum atomic E-state index is 12.2. The van der Waals surface area contributed by atoms with E-state index in [4.69, 9.17) is 9.84 Å². The van der Waals surface area contributed by atoms with Crippen molar-refractivity contribution >= 4 is 18.0 Å². The van der Waals surface area contributed by atoms with Crippen molar-refractivity contribution < 1.29 is 29.0 Å². The molecule has 1 rings (SSSR count). The first-order valence-electron chi connectivity index (χ1n) is 6.36. The summed E-state index contributed by atoms with van der Waals surface area (Å²) in [7, 11) is 2.89. The number of nitrogens with zero attached hydrogens (tertiary/aromatic N) is 2. The second kappa shape index (κ2) is 7.68. The van der Waals surface area contributed by atoms with Crippen molar-refractivity contribution in [2.24, 2.45) is 0 Å². The number of urea groups is 1. The Balaban J connectivity index is 2.49. The molecule has 20 heavy (non-hydrogen) atoms. The second-order valence-electron chi connectivity index (χ2n) is 4.51. The van der Waals surface area contributed by atoms with Gasteiger partial charge in [0.1, 0.15) is 0 Å². The zero-order valence-corrected chi connectivity index (χ0v) is 11.7. The van der Waals surface area contributed by atoms with Gasteiger partial charge in [-0.15, -0.1) is 0 Å². The molecular weight excluding hydrogens is 268 g/mol. The number of carboxylic acid groups (broad SMARTS) is 1. The molecule has 0 aromatic rings. The molecule has 1 fully saturated rings. The number of carbonyl (C=O) groups excluding carboxylic acids is 2. The number of rotatable bonds is 5. The number of ether oxygens (including phenoxy) is 2. The summed E-state index contributed by atoms with van der Waals surface area (Å²) in [6.45, 7) is 0.928. The van der Waals surface area contributed by atoms with E-state index in [0.29, 0.717) is 19.6 Å². The quantitative estimate of drug-likeness (QED) is 0.702. The third kappa shape index (κ3) is 4.37. The molecule has 8 heteroatoms. The van der Waals surface area contributed by atoms with Crippen molar-refractivity contribution in [3.8, 4) is 0 Å². The van der Waals surface area contributed by atoms with E-state index in [2.05, 4.69) is 4.74 Å². The van der Waals surface area contributed by atoms with Crippen LogP contribution in [0, 0.1) is 0 Å². The smallest absolute Gasteiger partial charge is 0.328 e. The molecule has 1 atom stereocenters. The standard InChI is InChI=1S/C12H20N2O6/c1-13(5-3-4-10(15)19-2)12(18)14-6-7-20-8-9(14)11(16)17/h9H,3-8H2,1-2H3,(H,16,17). The molecule has 0 aliphatic carbocycles. The number of hydrogen-bond acceptors (Lipinski definition) is 5. The topological polar surface area (TPSA) is 96.4 Å². The molecule has 0 spiro atoms. The van der Waals surface area contributed by atoms with Crippen molar-refractivity contribution in [1.29, 1.82) is 0 Å². The van der Waals surface area contributed by atoms with Crippen LogP contribution in [0.25, 0.3) is 0 Å². The normalized spacial score (nSPS) is 18.5. The highest BCUT2D eigenvalue weighted by Crippen LogP contribution is 2.10. The fourth-order valence-electron chi connectivity index (χ4n) is 1.91. The van der Waals surface area contributed by atoms with Crippen LogP contribution in [0.5, 0.6) is 0 Å². The summed E-state index contributed by atoms with van der Waals surface area (Å²) < 4.78 is 9.59. The minimum absolute atomic E-state index is 0.00290. The molecule has 1 aliphatic rings. The number of amides is 2. The third-order valence-electron chi connectivity index (χ3n) is 3.09. The zero-order valence-electron chi connectivity index (χ0n) is 11.7. The predicted octanol–water partition coefficient (Wildman–Crippen LogP) is -0.223. The number of aliphatic carboxylic acids is 1. The van der Waals surface area contributed by atoms with Gasteiger partial charge in [0.25, 0.3) is 0 Å². The largest absolute Gasteiger partial charge is 0.480 e. The van der Waals surface area contributed by atoms with Crippen LogP contribution in [0.3, 0.4) is 0 Å². The molecule has 1 aliphatic heterocycles. The van der Waals surface area contributed by atoms with E-state index in [0.717, 1.165) is 0 Å². The third-order valence-corrected chi connectivity index (χ3v) is 3.09. The van der Waals surface area contributed by atoms with Crippen LogP contribution < -0.4 is 0 Å². The Kier molecular flexibility index (Phi) is 6.23. The Morgan fingerprint density at radius 3 is 2.75 bits per heavy atom. The Labute approximate surface area is 117 Å². The average Bonchev–Trinajstić information content (AvgIpc) is 2.45. The predicted molar refractivity (Wildman–Crippen MR) is 68.2 cm³/mol. The zero-order chi connectivity index (χ0) is 15.1. The number of carbonyl (C=O) groups is 3.